The van der Waals surface area contributed by atoms with Gasteiger partial charge < -0.3 is 5.32 Å². The lowest BCUT2D eigenvalue weighted by Crippen LogP contribution is -2.51. The van der Waals surface area contributed by atoms with Crippen LogP contribution >= 0.6 is 0 Å². The first-order valence-corrected chi connectivity index (χ1v) is 8.32. The highest BCUT2D eigenvalue weighted by Gasteiger charge is 2.47. The fourth-order valence-electron chi connectivity index (χ4n) is 2.98. The lowest BCUT2D eigenvalue weighted by atomic mass is 10.00. The Morgan fingerprint density at radius 3 is 2.88 bits per heavy atom. The van der Waals surface area contributed by atoms with Crippen LogP contribution in [0.5, 0.6) is 0 Å². The van der Waals surface area contributed by atoms with Crippen molar-refractivity contribution in [2.45, 2.75) is 45.7 Å². The quantitative estimate of drug-likeness (QED) is 0.737. The third kappa shape index (κ3) is 3.32. The number of fused-ring (bicyclic) bond motifs is 1. The van der Waals surface area contributed by atoms with E-state index in [1.165, 1.54) is 0 Å². The zero-order valence-corrected chi connectivity index (χ0v) is 14.6. The largest absolute Gasteiger partial charge is 0.344 e. The number of urea groups is 1. The molecule has 2 aliphatic rings. The molecule has 4 amide bonds. The van der Waals surface area contributed by atoms with Crippen molar-refractivity contribution >= 4 is 17.8 Å². The smallest absolute Gasteiger partial charge is 0.322 e. The van der Waals surface area contributed by atoms with Gasteiger partial charge >= 0.3 is 6.03 Å². The summed E-state index contributed by atoms with van der Waals surface area (Å²) in [6.07, 6.45) is 3.04. The second-order valence-electron chi connectivity index (χ2n) is 6.64. The van der Waals surface area contributed by atoms with Gasteiger partial charge in [-0.1, -0.05) is 6.92 Å². The first-order valence-electron chi connectivity index (χ1n) is 8.32. The Balaban J connectivity index is 1.60. The second-order valence-corrected chi connectivity index (χ2v) is 6.64. The Bertz CT molecular complexity index is 737. The van der Waals surface area contributed by atoms with Crippen molar-refractivity contribution in [3.8, 4) is 0 Å². The summed E-state index contributed by atoms with van der Waals surface area (Å²) in [6, 6.07) is -0.602. The van der Waals surface area contributed by atoms with E-state index in [-0.39, 0.29) is 6.54 Å². The maximum Gasteiger partial charge on any atom is 0.344 e. The van der Waals surface area contributed by atoms with Crippen LogP contribution in [-0.2, 0) is 22.6 Å². The second kappa shape index (κ2) is 6.40. The van der Waals surface area contributed by atoms with Crippen molar-refractivity contribution in [2.75, 3.05) is 13.1 Å². The van der Waals surface area contributed by atoms with Crippen LogP contribution in [0.4, 0.5) is 4.79 Å². The Labute approximate surface area is 145 Å². The van der Waals surface area contributed by atoms with Crippen molar-refractivity contribution in [3.05, 3.63) is 23.3 Å². The van der Waals surface area contributed by atoms with Gasteiger partial charge in [0.2, 0.25) is 0 Å². The van der Waals surface area contributed by atoms with Crippen LogP contribution in [0.15, 0.2) is 6.20 Å². The normalized spacial score (nSPS) is 23.4. The van der Waals surface area contributed by atoms with Crippen molar-refractivity contribution in [1.82, 2.24) is 30.6 Å². The van der Waals surface area contributed by atoms with E-state index in [0.29, 0.717) is 25.3 Å². The van der Waals surface area contributed by atoms with E-state index in [4.69, 9.17) is 0 Å². The van der Waals surface area contributed by atoms with Crippen molar-refractivity contribution in [1.29, 1.82) is 0 Å². The van der Waals surface area contributed by atoms with E-state index in [1.54, 1.807) is 13.8 Å². The van der Waals surface area contributed by atoms with Crippen LogP contribution in [-0.4, -0.2) is 56.4 Å². The Morgan fingerprint density at radius 2 is 2.20 bits per heavy atom. The molecule has 25 heavy (non-hydrogen) atoms. The monoisotopic (exact) mass is 346 g/mol. The molecule has 9 nitrogen and oxygen atoms in total. The van der Waals surface area contributed by atoms with Crippen LogP contribution < -0.4 is 10.7 Å². The highest BCUT2D eigenvalue weighted by Crippen LogP contribution is 2.19. The molecule has 1 fully saturated rings. The number of rotatable bonds is 4. The van der Waals surface area contributed by atoms with Crippen molar-refractivity contribution in [2.24, 2.45) is 0 Å². The molecule has 2 N–H and O–H groups in total. The summed E-state index contributed by atoms with van der Waals surface area (Å²) in [4.78, 5) is 47.0. The van der Waals surface area contributed by atoms with Crippen LogP contribution in [0.1, 0.15) is 37.4 Å². The molecule has 0 saturated carbocycles. The summed E-state index contributed by atoms with van der Waals surface area (Å²) < 4.78 is 0. The number of aromatic nitrogens is 2. The molecule has 1 aromatic rings. The topological polar surface area (TPSA) is 108 Å². The molecule has 9 heteroatoms. The molecule has 2 aliphatic heterocycles. The number of amides is 4. The van der Waals surface area contributed by atoms with Crippen LogP contribution in [0, 0.1) is 6.92 Å². The standard InChI is InChI=1S/C16H22N6O3/c1-4-16(3)14(24)22(15(25)19-16)20-13(23)9-21-6-5-11-7-17-10(2)18-12(11)8-21/h7H,4-6,8-9H2,1-3H3,(H,19,25)(H,20,23)/t16-/m1/s1. The third-order valence-corrected chi connectivity index (χ3v) is 4.72. The third-order valence-electron chi connectivity index (χ3n) is 4.72. The molecule has 1 aromatic heterocycles. The van der Waals surface area contributed by atoms with Gasteiger partial charge in [-0.05, 0) is 32.3 Å². The predicted octanol–water partition coefficient (Wildman–Crippen LogP) is -0.105. The number of nitrogens with zero attached hydrogens (tertiary/aromatic N) is 4. The maximum absolute atomic E-state index is 12.3. The Morgan fingerprint density at radius 1 is 1.44 bits per heavy atom. The fraction of sp³-hybridized carbons (Fsp3) is 0.562. The molecule has 0 bridgehead atoms. The van der Waals surface area contributed by atoms with Gasteiger partial charge in [0.1, 0.15) is 11.4 Å². The minimum Gasteiger partial charge on any atom is -0.322 e. The van der Waals surface area contributed by atoms with Gasteiger partial charge in [-0.2, -0.15) is 5.01 Å². The molecule has 3 rings (SSSR count). The molecule has 134 valence electrons. The number of carbonyl (C=O) groups is 3. The minimum atomic E-state index is -0.969. The van der Waals surface area contributed by atoms with Gasteiger partial charge in [-0.25, -0.2) is 14.8 Å². The molecule has 3 heterocycles. The lowest BCUT2D eigenvalue weighted by Gasteiger charge is -2.27. The fourth-order valence-corrected chi connectivity index (χ4v) is 2.98. The summed E-state index contributed by atoms with van der Waals surface area (Å²) in [7, 11) is 0. The number of carbonyl (C=O) groups excluding carboxylic acids is 3. The first-order chi connectivity index (χ1) is 11.8. The summed E-state index contributed by atoms with van der Waals surface area (Å²) in [5.74, 6) is -0.151. The van der Waals surface area contributed by atoms with Gasteiger partial charge in [0.15, 0.2) is 0 Å². The van der Waals surface area contributed by atoms with Crippen molar-refractivity contribution < 1.29 is 14.4 Å². The number of hydrogen-bond acceptors (Lipinski definition) is 6. The van der Waals surface area contributed by atoms with Crippen LogP contribution in [0.2, 0.25) is 0 Å². The van der Waals surface area contributed by atoms with Gasteiger partial charge in [0, 0.05) is 19.3 Å². The molecule has 1 atom stereocenters. The minimum absolute atomic E-state index is 0.0857. The average molecular weight is 346 g/mol. The summed E-state index contributed by atoms with van der Waals surface area (Å²) >= 11 is 0. The molecule has 0 aromatic carbocycles. The van der Waals surface area contributed by atoms with Gasteiger partial charge in [0.25, 0.3) is 11.8 Å². The van der Waals surface area contributed by atoms with Crippen LogP contribution in [0.25, 0.3) is 0 Å². The van der Waals surface area contributed by atoms with Crippen molar-refractivity contribution in [3.63, 3.8) is 0 Å². The molecular formula is C16H22N6O3. The Hall–Kier alpha value is -2.55. The highest BCUT2D eigenvalue weighted by molar-refractivity contribution is 6.07. The lowest BCUT2D eigenvalue weighted by molar-refractivity contribution is -0.139. The number of hydrogen-bond donors (Lipinski definition) is 2. The molecular weight excluding hydrogens is 324 g/mol. The summed E-state index contributed by atoms with van der Waals surface area (Å²) in [5.41, 5.74) is 3.45. The van der Waals surface area contributed by atoms with Gasteiger partial charge in [0.05, 0.1) is 12.2 Å². The van der Waals surface area contributed by atoms with Crippen LogP contribution in [0.3, 0.4) is 0 Å². The van der Waals surface area contributed by atoms with E-state index in [9.17, 15) is 14.4 Å². The molecule has 0 unspecified atom stereocenters. The number of imide groups is 1. The SMILES string of the molecule is CC[C@@]1(C)NC(=O)N(NC(=O)CN2CCc3cnc(C)nc3C2)C1=O. The Kier molecular flexibility index (Phi) is 4.42. The van der Waals surface area contributed by atoms with E-state index in [1.807, 2.05) is 18.0 Å². The summed E-state index contributed by atoms with van der Waals surface area (Å²) in [5, 5.41) is 3.37. The van der Waals surface area contributed by atoms with E-state index >= 15 is 0 Å². The first kappa shape index (κ1) is 17.3. The number of aryl methyl sites for hydroxylation is 1. The van der Waals surface area contributed by atoms with E-state index < -0.39 is 23.4 Å². The number of hydrazine groups is 1. The van der Waals surface area contributed by atoms with E-state index in [2.05, 4.69) is 20.7 Å². The highest BCUT2D eigenvalue weighted by atomic mass is 16.2. The molecule has 1 saturated heterocycles. The predicted molar refractivity (Wildman–Crippen MR) is 88.0 cm³/mol. The average Bonchev–Trinajstić information content (AvgIpc) is 2.78. The van der Waals surface area contributed by atoms with Gasteiger partial charge in [-0.3, -0.25) is 19.9 Å². The maximum atomic E-state index is 12.3. The van der Waals surface area contributed by atoms with Gasteiger partial charge in [-0.15, -0.1) is 0 Å². The number of nitrogens with one attached hydrogen (secondary N) is 2. The molecule has 0 spiro atoms. The zero-order chi connectivity index (χ0) is 18.2. The zero-order valence-electron chi connectivity index (χ0n) is 14.6. The van der Waals surface area contributed by atoms with E-state index in [0.717, 1.165) is 22.7 Å². The molecule has 0 aliphatic carbocycles. The molecule has 0 radical (unpaired) electrons. The summed E-state index contributed by atoms with van der Waals surface area (Å²) in [6.45, 7) is 6.59.